The molecule has 0 bridgehead atoms. The number of rotatable bonds is 1. The summed E-state index contributed by atoms with van der Waals surface area (Å²) in [4.78, 5) is 6.49. The van der Waals surface area contributed by atoms with Crippen molar-refractivity contribution in [2.24, 2.45) is 5.73 Å². The van der Waals surface area contributed by atoms with E-state index in [0.717, 1.165) is 13.0 Å². The average Bonchev–Trinajstić information content (AvgIpc) is 2.48. The molecule has 3 heteroatoms. The van der Waals surface area contributed by atoms with Gasteiger partial charge >= 0.3 is 0 Å². The first-order valence-electron chi connectivity index (χ1n) is 5.06. The molecule has 0 amide bonds. The molecule has 1 fully saturated rings. The van der Waals surface area contributed by atoms with E-state index < -0.39 is 0 Å². The van der Waals surface area contributed by atoms with Crippen LogP contribution in [0.4, 0.5) is 0 Å². The summed E-state index contributed by atoms with van der Waals surface area (Å²) in [6, 6.07) is 2.65. The molecule has 1 aromatic heterocycles. The minimum Gasteiger partial charge on any atom is -0.326 e. The lowest BCUT2D eigenvalue weighted by Gasteiger charge is -2.24. The zero-order valence-electron chi connectivity index (χ0n) is 8.77. The van der Waals surface area contributed by atoms with E-state index in [0.29, 0.717) is 6.04 Å². The Hall–Kier alpha value is -0.930. The fourth-order valence-corrected chi connectivity index (χ4v) is 2.23. The normalized spacial score (nSPS) is 28.2. The summed E-state index contributed by atoms with van der Waals surface area (Å²) >= 11 is 0. The van der Waals surface area contributed by atoms with Gasteiger partial charge in [0.05, 0.1) is 6.04 Å². The quantitative estimate of drug-likeness (QED) is 0.722. The third-order valence-corrected chi connectivity index (χ3v) is 3.09. The van der Waals surface area contributed by atoms with Crippen molar-refractivity contribution >= 4 is 0 Å². The molecule has 0 radical (unpaired) electrons. The average molecular weight is 191 g/mol. The topological polar surface area (TPSA) is 42.1 Å². The van der Waals surface area contributed by atoms with Gasteiger partial charge in [0.1, 0.15) is 0 Å². The van der Waals surface area contributed by atoms with Crippen molar-refractivity contribution in [3.05, 3.63) is 29.6 Å². The Morgan fingerprint density at radius 1 is 1.57 bits per heavy atom. The minimum absolute atomic E-state index is 0.253. The van der Waals surface area contributed by atoms with Crippen LogP contribution in [0.5, 0.6) is 0 Å². The molecule has 1 saturated heterocycles. The van der Waals surface area contributed by atoms with E-state index in [9.17, 15) is 0 Å². The van der Waals surface area contributed by atoms with Gasteiger partial charge in [-0.25, -0.2) is 0 Å². The molecular weight excluding hydrogens is 174 g/mol. The maximum Gasteiger partial charge on any atom is 0.0514 e. The summed E-state index contributed by atoms with van der Waals surface area (Å²) in [7, 11) is 2.13. The van der Waals surface area contributed by atoms with Crippen LogP contribution in [0.3, 0.4) is 0 Å². The number of nitrogens with two attached hydrogens (primary N) is 1. The molecule has 76 valence electrons. The molecule has 1 aliphatic rings. The van der Waals surface area contributed by atoms with E-state index in [-0.39, 0.29) is 6.04 Å². The molecule has 0 spiro atoms. The van der Waals surface area contributed by atoms with Crippen molar-refractivity contribution in [3.63, 3.8) is 0 Å². The monoisotopic (exact) mass is 191 g/mol. The van der Waals surface area contributed by atoms with E-state index >= 15 is 0 Å². The van der Waals surface area contributed by atoms with Gasteiger partial charge in [-0.2, -0.15) is 0 Å². The number of nitrogens with zero attached hydrogens (tertiary/aromatic N) is 2. The summed E-state index contributed by atoms with van der Waals surface area (Å²) in [5, 5.41) is 0. The molecule has 2 unspecified atom stereocenters. The second kappa shape index (κ2) is 3.67. The van der Waals surface area contributed by atoms with E-state index in [1.807, 2.05) is 18.5 Å². The zero-order valence-corrected chi connectivity index (χ0v) is 8.77. The number of likely N-dealkylation sites (tertiary alicyclic amines) is 1. The lowest BCUT2D eigenvalue weighted by atomic mass is 9.99. The van der Waals surface area contributed by atoms with Crippen molar-refractivity contribution < 1.29 is 0 Å². The van der Waals surface area contributed by atoms with Crippen molar-refractivity contribution in [1.82, 2.24) is 9.88 Å². The second-order valence-electron chi connectivity index (χ2n) is 4.11. The molecular formula is C11H17N3. The van der Waals surface area contributed by atoms with Crippen molar-refractivity contribution in [2.45, 2.75) is 25.4 Å². The van der Waals surface area contributed by atoms with Crippen molar-refractivity contribution in [2.75, 3.05) is 13.6 Å². The van der Waals surface area contributed by atoms with Gasteiger partial charge in [-0.3, -0.25) is 9.88 Å². The maximum atomic E-state index is 6.10. The highest BCUT2D eigenvalue weighted by Crippen LogP contribution is 2.30. The molecule has 1 aromatic rings. The van der Waals surface area contributed by atoms with Gasteiger partial charge in [0.15, 0.2) is 0 Å². The van der Waals surface area contributed by atoms with Crippen LogP contribution in [0.25, 0.3) is 0 Å². The molecule has 3 nitrogen and oxygen atoms in total. The molecule has 2 atom stereocenters. The van der Waals surface area contributed by atoms with Crippen LogP contribution < -0.4 is 5.73 Å². The number of aromatic nitrogens is 1. The fraction of sp³-hybridized carbons (Fsp3) is 0.545. The number of aryl methyl sites for hydroxylation is 1. The third-order valence-electron chi connectivity index (χ3n) is 3.09. The van der Waals surface area contributed by atoms with Crippen LogP contribution >= 0.6 is 0 Å². The van der Waals surface area contributed by atoms with Crippen LogP contribution in [0, 0.1) is 6.92 Å². The van der Waals surface area contributed by atoms with Crippen LogP contribution in [0.15, 0.2) is 18.5 Å². The zero-order chi connectivity index (χ0) is 10.1. The smallest absolute Gasteiger partial charge is 0.0514 e. The number of pyridine rings is 1. The molecule has 14 heavy (non-hydrogen) atoms. The Kier molecular flexibility index (Phi) is 2.52. The molecule has 0 aromatic carbocycles. The van der Waals surface area contributed by atoms with Crippen LogP contribution in [0.2, 0.25) is 0 Å². The molecule has 2 rings (SSSR count). The van der Waals surface area contributed by atoms with Gasteiger partial charge in [0.25, 0.3) is 0 Å². The lowest BCUT2D eigenvalue weighted by Crippen LogP contribution is -2.30. The molecule has 1 aliphatic heterocycles. The minimum atomic E-state index is 0.253. The third kappa shape index (κ3) is 1.53. The summed E-state index contributed by atoms with van der Waals surface area (Å²) in [6.07, 6.45) is 4.86. The Morgan fingerprint density at radius 2 is 2.36 bits per heavy atom. The first kappa shape index (κ1) is 9.62. The Labute approximate surface area is 84.9 Å². The summed E-state index contributed by atoms with van der Waals surface area (Å²) in [6.45, 7) is 3.20. The highest BCUT2D eigenvalue weighted by Gasteiger charge is 2.31. The van der Waals surface area contributed by atoms with Gasteiger partial charge in [0, 0.05) is 25.0 Å². The van der Waals surface area contributed by atoms with E-state index in [4.69, 9.17) is 5.73 Å². The van der Waals surface area contributed by atoms with Gasteiger partial charge in [0.2, 0.25) is 0 Å². The summed E-state index contributed by atoms with van der Waals surface area (Å²) in [5.41, 5.74) is 8.66. The fourth-order valence-electron chi connectivity index (χ4n) is 2.23. The SMILES string of the molecule is Cc1ccncc1C1C(N)CCN1C. The lowest BCUT2D eigenvalue weighted by molar-refractivity contribution is 0.302. The van der Waals surface area contributed by atoms with Gasteiger partial charge in [-0.1, -0.05) is 0 Å². The molecule has 2 heterocycles. The van der Waals surface area contributed by atoms with Crippen molar-refractivity contribution in [3.8, 4) is 0 Å². The summed E-state index contributed by atoms with van der Waals surface area (Å²) in [5.74, 6) is 0. The standard InChI is InChI=1S/C11H17N3/c1-8-3-5-13-7-9(8)11-10(12)4-6-14(11)2/h3,5,7,10-11H,4,6,12H2,1-2H3. The number of hydrogen-bond acceptors (Lipinski definition) is 3. The van der Waals surface area contributed by atoms with Gasteiger partial charge < -0.3 is 5.73 Å². The maximum absolute atomic E-state index is 6.10. The van der Waals surface area contributed by atoms with E-state index in [1.165, 1.54) is 11.1 Å². The van der Waals surface area contributed by atoms with Crippen molar-refractivity contribution in [1.29, 1.82) is 0 Å². The van der Waals surface area contributed by atoms with Crippen LogP contribution in [0.1, 0.15) is 23.6 Å². The van der Waals surface area contributed by atoms with Gasteiger partial charge in [-0.15, -0.1) is 0 Å². The first-order chi connectivity index (χ1) is 6.70. The Bertz CT molecular complexity index is 314. The molecule has 0 aliphatic carbocycles. The highest BCUT2D eigenvalue weighted by atomic mass is 15.2. The Balaban J connectivity index is 2.34. The van der Waals surface area contributed by atoms with Crippen LogP contribution in [-0.2, 0) is 0 Å². The van der Waals surface area contributed by atoms with E-state index in [1.54, 1.807) is 0 Å². The number of likely N-dealkylation sites (N-methyl/N-ethyl adjacent to an activating group) is 1. The van der Waals surface area contributed by atoms with Gasteiger partial charge in [-0.05, 0) is 37.6 Å². The van der Waals surface area contributed by atoms with Crippen LogP contribution in [-0.4, -0.2) is 29.5 Å². The molecule has 2 N–H and O–H groups in total. The first-order valence-corrected chi connectivity index (χ1v) is 5.06. The predicted molar refractivity (Wildman–Crippen MR) is 56.9 cm³/mol. The second-order valence-corrected chi connectivity index (χ2v) is 4.11. The largest absolute Gasteiger partial charge is 0.326 e. The highest BCUT2D eigenvalue weighted by molar-refractivity contribution is 5.27. The van der Waals surface area contributed by atoms with E-state index in [2.05, 4.69) is 23.9 Å². The predicted octanol–water partition coefficient (Wildman–Crippen LogP) is 1.09. The summed E-state index contributed by atoms with van der Waals surface area (Å²) < 4.78 is 0. The Morgan fingerprint density at radius 3 is 2.93 bits per heavy atom. The number of hydrogen-bond donors (Lipinski definition) is 1. The molecule has 0 saturated carbocycles.